The summed E-state index contributed by atoms with van der Waals surface area (Å²) in [5.41, 5.74) is 6.89. The Morgan fingerprint density at radius 3 is 2.39 bits per heavy atom. The number of benzene rings is 1. The maximum Gasteiger partial charge on any atom is 0.234 e. The number of anilines is 1. The van der Waals surface area contributed by atoms with E-state index in [1.807, 2.05) is 12.1 Å². The summed E-state index contributed by atoms with van der Waals surface area (Å²) in [6.45, 7) is -0.739. The summed E-state index contributed by atoms with van der Waals surface area (Å²) in [5.74, 6) is -0.158. The molecule has 0 aliphatic rings. The summed E-state index contributed by atoms with van der Waals surface area (Å²) in [5, 5.41) is 37.0. The summed E-state index contributed by atoms with van der Waals surface area (Å²) in [6, 6.07) is 12.7. The van der Waals surface area contributed by atoms with Gasteiger partial charge in [-0.25, -0.2) is 0 Å². The number of ether oxygens (including phenoxy) is 1. The van der Waals surface area contributed by atoms with Crippen LogP contribution < -0.4 is 10.5 Å². The van der Waals surface area contributed by atoms with E-state index in [2.05, 4.69) is 4.98 Å². The van der Waals surface area contributed by atoms with Crippen LogP contribution in [0.2, 0.25) is 0 Å². The summed E-state index contributed by atoms with van der Waals surface area (Å²) < 4.78 is 5.29. The van der Waals surface area contributed by atoms with Gasteiger partial charge in [0, 0.05) is 5.56 Å². The molecule has 0 saturated heterocycles. The molecule has 1 atom stereocenters. The maximum absolute atomic E-state index is 9.46. The Labute approximate surface area is 132 Å². The van der Waals surface area contributed by atoms with Gasteiger partial charge in [0.15, 0.2) is 0 Å². The molecule has 1 aromatic carbocycles. The first-order valence-electron chi connectivity index (χ1n) is 6.73. The van der Waals surface area contributed by atoms with E-state index in [0.717, 1.165) is 0 Å². The highest BCUT2D eigenvalue weighted by Crippen LogP contribution is 2.34. The van der Waals surface area contributed by atoms with Crippen LogP contribution in [0.15, 0.2) is 30.3 Å². The Balaban J connectivity index is 2.61. The largest absolute Gasteiger partial charge is 0.474 e. The van der Waals surface area contributed by atoms with Gasteiger partial charge in [-0.3, -0.25) is 0 Å². The van der Waals surface area contributed by atoms with Crippen LogP contribution in [-0.4, -0.2) is 34.5 Å². The second-order valence-corrected chi connectivity index (χ2v) is 4.66. The van der Waals surface area contributed by atoms with E-state index in [9.17, 15) is 15.6 Å². The van der Waals surface area contributed by atoms with Crippen LogP contribution in [-0.2, 0) is 0 Å². The van der Waals surface area contributed by atoms with Crippen molar-refractivity contribution in [3.8, 4) is 29.1 Å². The Morgan fingerprint density at radius 2 is 1.83 bits per heavy atom. The Bertz CT molecular complexity index is 779. The van der Waals surface area contributed by atoms with Crippen LogP contribution in [0.25, 0.3) is 11.1 Å². The lowest BCUT2D eigenvalue weighted by Gasteiger charge is -2.15. The van der Waals surface area contributed by atoms with Crippen LogP contribution >= 0.6 is 0 Å². The molecule has 4 N–H and O–H groups in total. The molecule has 7 nitrogen and oxygen atoms in total. The van der Waals surface area contributed by atoms with Crippen molar-refractivity contribution >= 4 is 5.82 Å². The molecule has 116 valence electrons. The number of nitriles is 2. The second kappa shape index (κ2) is 7.23. The zero-order valence-electron chi connectivity index (χ0n) is 12.1. The van der Waals surface area contributed by atoms with Crippen LogP contribution in [0, 0.1) is 22.7 Å². The molecule has 2 aromatic rings. The number of hydrogen-bond acceptors (Lipinski definition) is 7. The van der Waals surface area contributed by atoms with Gasteiger partial charge in [0.05, 0.1) is 6.61 Å². The van der Waals surface area contributed by atoms with Crippen molar-refractivity contribution in [1.82, 2.24) is 4.98 Å². The molecule has 1 aromatic heterocycles. The normalized spacial score (nSPS) is 11.3. The molecule has 0 amide bonds. The number of aliphatic hydroxyl groups excluding tert-OH is 2. The Hall–Kier alpha value is -3.13. The average Bonchev–Trinajstić information content (AvgIpc) is 2.59. The van der Waals surface area contributed by atoms with E-state index in [4.69, 9.17) is 15.6 Å². The lowest BCUT2D eigenvalue weighted by molar-refractivity contribution is 0.0521. The summed E-state index contributed by atoms with van der Waals surface area (Å²) >= 11 is 0. The van der Waals surface area contributed by atoms with Crippen LogP contribution in [0.5, 0.6) is 5.88 Å². The molecule has 7 heteroatoms. The smallest absolute Gasteiger partial charge is 0.234 e. The lowest BCUT2D eigenvalue weighted by atomic mass is 9.96. The number of aliphatic hydroxyl groups is 2. The predicted molar refractivity (Wildman–Crippen MR) is 82.1 cm³/mol. The van der Waals surface area contributed by atoms with Gasteiger partial charge in [-0.2, -0.15) is 15.5 Å². The molecule has 0 bridgehead atoms. The van der Waals surface area contributed by atoms with Crippen molar-refractivity contribution in [3.05, 3.63) is 41.5 Å². The van der Waals surface area contributed by atoms with Crippen molar-refractivity contribution in [1.29, 1.82) is 10.5 Å². The minimum Gasteiger partial charge on any atom is -0.474 e. The molecular formula is C16H14N4O3. The van der Waals surface area contributed by atoms with Gasteiger partial charge in [0.25, 0.3) is 0 Å². The van der Waals surface area contributed by atoms with E-state index < -0.39 is 12.7 Å². The zero-order chi connectivity index (χ0) is 16.8. The Morgan fingerprint density at radius 1 is 1.17 bits per heavy atom. The van der Waals surface area contributed by atoms with Gasteiger partial charge in [-0.1, -0.05) is 30.3 Å². The fourth-order valence-corrected chi connectivity index (χ4v) is 2.02. The van der Waals surface area contributed by atoms with Crippen LogP contribution in [0.1, 0.15) is 11.1 Å². The Kier molecular flexibility index (Phi) is 5.11. The highest BCUT2D eigenvalue weighted by Gasteiger charge is 2.21. The first-order chi connectivity index (χ1) is 11.1. The van der Waals surface area contributed by atoms with Crippen LogP contribution in [0.3, 0.4) is 0 Å². The topological polar surface area (TPSA) is 136 Å². The third kappa shape index (κ3) is 3.38. The minimum atomic E-state index is -1.11. The van der Waals surface area contributed by atoms with Crippen molar-refractivity contribution in [2.45, 2.75) is 6.10 Å². The molecule has 0 fully saturated rings. The number of pyridine rings is 1. The van der Waals surface area contributed by atoms with Gasteiger partial charge in [-0.05, 0) is 5.56 Å². The highest BCUT2D eigenvalue weighted by molar-refractivity contribution is 5.82. The van der Waals surface area contributed by atoms with Crippen molar-refractivity contribution in [3.63, 3.8) is 0 Å². The fourth-order valence-electron chi connectivity index (χ4n) is 2.02. The van der Waals surface area contributed by atoms with Gasteiger partial charge < -0.3 is 20.7 Å². The number of nitrogen functional groups attached to an aromatic ring is 1. The quantitative estimate of drug-likeness (QED) is 0.743. The molecule has 0 spiro atoms. The monoisotopic (exact) mass is 310 g/mol. The second-order valence-electron chi connectivity index (χ2n) is 4.66. The summed E-state index contributed by atoms with van der Waals surface area (Å²) in [4.78, 5) is 3.92. The van der Waals surface area contributed by atoms with Crippen molar-refractivity contribution in [2.24, 2.45) is 0 Å². The van der Waals surface area contributed by atoms with Gasteiger partial charge in [0.2, 0.25) is 5.88 Å². The molecule has 1 unspecified atom stereocenters. The van der Waals surface area contributed by atoms with Gasteiger partial charge in [0.1, 0.15) is 41.8 Å². The van der Waals surface area contributed by atoms with E-state index in [1.54, 1.807) is 30.3 Å². The molecule has 1 heterocycles. The SMILES string of the molecule is N#Cc1c(N)nc(OCC(O)CO)c(C#N)c1-c1ccccc1. The summed E-state index contributed by atoms with van der Waals surface area (Å²) in [6.07, 6.45) is -1.11. The number of rotatable bonds is 5. The van der Waals surface area contributed by atoms with Crippen LogP contribution in [0.4, 0.5) is 5.82 Å². The van der Waals surface area contributed by atoms with E-state index >= 15 is 0 Å². The number of hydrogen-bond donors (Lipinski definition) is 3. The zero-order valence-corrected chi connectivity index (χ0v) is 12.1. The number of nitrogens with zero attached hydrogens (tertiary/aromatic N) is 3. The molecule has 0 radical (unpaired) electrons. The third-order valence-corrected chi connectivity index (χ3v) is 3.10. The third-order valence-electron chi connectivity index (χ3n) is 3.10. The minimum absolute atomic E-state index is 0.0482. The highest BCUT2D eigenvalue weighted by atomic mass is 16.5. The van der Waals surface area contributed by atoms with E-state index in [0.29, 0.717) is 11.1 Å². The predicted octanol–water partition coefficient (Wildman–Crippen LogP) is 0.806. The molecule has 2 rings (SSSR count). The first kappa shape index (κ1) is 16.2. The number of aromatic nitrogens is 1. The molecular weight excluding hydrogens is 296 g/mol. The molecule has 0 aliphatic heterocycles. The maximum atomic E-state index is 9.46. The van der Waals surface area contributed by atoms with Crippen molar-refractivity contribution in [2.75, 3.05) is 18.9 Å². The molecule has 0 aliphatic carbocycles. The summed E-state index contributed by atoms with van der Waals surface area (Å²) in [7, 11) is 0. The lowest BCUT2D eigenvalue weighted by Crippen LogP contribution is -2.22. The van der Waals surface area contributed by atoms with E-state index in [-0.39, 0.29) is 29.4 Å². The fraction of sp³-hybridized carbons (Fsp3) is 0.188. The number of nitrogens with two attached hydrogens (primary N) is 1. The van der Waals surface area contributed by atoms with Gasteiger partial charge in [-0.15, -0.1) is 0 Å². The van der Waals surface area contributed by atoms with Crippen molar-refractivity contribution < 1.29 is 14.9 Å². The standard InChI is InChI=1S/C16H14N4O3/c17-6-12-14(10-4-2-1-3-5-10)13(7-18)16(20-15(12)19)23-9-11(22)8-21/h1-5,11,21-22H,8-9H2,(H2,19,20). The van der Waals surface area contributed by atoms with Gasteiger partial charge >= 0.3 is 0 Å². The molecule has 23 heavy (non-hydrogen) atoms. The average molecular weight is 310 g/mol. The van der Waals surface area contributed by atoms with E-state index in [1.165, 1.54) is 0 Å². The molecule has 0 saturated carbocycles. The first-order valence-corrected chi connectivity index (χ1v) is 6.73.